The zero-order chi connectivity index (χ0) is 56.5. The minimum Gasteiger partial charge on any atom is -0.445 e. The molecule has 2 aliphatic rings. The van der Waals surface area contributed by atoms with Crippen molar-refractivity contribution in [2.75, 3.05) is 37.9 Å². The maximum absolute atomic E-state index is 13.1. The van der Waals surface area contributed by atoms with Crippen LogP contribution in [0.4, 0.5) is 47.6 Å². The second kappa shape index (κ2) is 28.1. The molecule has 0 aliphatic heterocycles. The molecule has 0 spiro atoms. The van der Waals surface area contributed by atoms with Gasteiger partial charge in [0.2, 0.25) is 11.8 Å². The van der Waals surface area contributed by atoms with Crippen molar-refractivity contribution in [3.63, 3.8) is 0 Å². The van der Waals surface area contributed by atoms with Gasteiger partial charge in [0.15, 0.2) is 6.29 Å². The van der Waals surface area contributed by atoms with E-state index in [4.69, 9.17) is 18.9 Å². The van der Waals surface area contributed by atoms with Crippen molar-refractivity contribution in [1.29, 1.82) is 0 Å². The lowest BCUT2D eigenvalue weighted by atomic mass is 9.81. The highest BCUT2D eigenvalue weighted by Crippen LogP contribution is 2.36. The highest BCUT2D eigenvalue weighted by atomic mass is 32.1. The van der Waals surface area contributed by atoms with Crippen LogP contribution in [0.1, 0.15) is 59.4 Å². The minimum absolute atomic E-state index is 0.0850. The van der Waals surface area contributed by atoms with Gasteiger partial charge in [-0.15, -0.1) is 22.7 Å². The number of methoxy groups -OCH3 is 2. The molecule has 27 heteroatoms. The molecule has 6 atom stereocenters. The maximum Gasteiger partial charge on any atom is 0.407 e. The topological polar surface area (TPSA) is 246 Å². The number of carbonyl (C=O) groups is 5. The summed E-state index contributed by atoms with van der Waals surface area (Å²) in [6.07, 6.45) is -7.20. The van der Waals surface area contributed by atoms with Gasteiger partial charge in [0, 0.05) is 60.0 Å². The first kappa shape index (κ1) is 59.4. The van der Waals surface area contributed by atoms with E-state index in [1.54, 1.807) is 0 Å². The van der Waals surface area contributed by atoms with Gasteiger partial charge in [-0.05, 0) is 61.8 Å². The van der Waals surface area contributed by atoms with Gasteiger partial charge in [-0.25, -0.2) is 29.5 Å². The molecule has 0 saturated heterocycles. The van der Waals surface area contributed by atoms with Gasteiger partial charge in [0.25, 0.3) is 0 Å². The lowest BCUT2D eigenvalue weighted by Crippen LogP contribution is -2.49. The van der Waals surface area contributed by atoms with E-state index >= 15 is 0 Å². The van der Waals surface area contributed by atoms with Crippen LogP contribution in [0, 0.1) is 11.8 Å². The molecule has 4 aromatic heterocycles. The van der Waals surface area contributed by atoms with Crippen molar-refractivity contribution in [2.24, 2.45) is 11.8 Å². The molecule has 79 heavy (non-hydrogen) atoms. The van der Waals surface area contributed by atoms with Crippen molar-refractivity contribution < 1.29 is 69.3 Å². The average Bonchev–Trinajstić information content (AvgIpc) is 4.13. The first-order valence-corrected chi connectivity index (χ1v) is 26.6. The number of rotatable bonds is 20. The number of nitrogens with zero attached hydrogens (tertiary/aromatic N) is 4. The molecule has 2 aliphatic carbocycles. The zero-order valence-electron chi connectivity index (χ0n) is 42.7. The van der Waals surface area contributed by atoms with Crippen LogP contribution in [-0.2, 0) is 59.4 Å². The lowest BCUT2D eigenvalue weighted by molar-refractivity contribution is -0.132. The van der Waals surface area contributed by atoms with Crippen LogP contribution in [0.2, 0.25) is 0 Å². The van der Waals surface area contributed by atoms with Crippen LogP contribution in [0.15, 0.2) is 85.5 Å². The molecule has 6 aromatic rings. The van der Waals surface area contributed by atoms with Gasteiger partial charge in [-0.1, -0.05) is 60.7 Å². The third-order valence-electron chi connectivity index (χ3n) is 12.7. The number of amides is 4. The fourth-order valence-electron chi connectivity index (χ4n) is 9.28. The monoisotopic (exact) mass is 1140 g/mol. The van der Waals surface area contributed by atoms with E-state index in [0.29, 0.717) is 76.9 Å². The summed E-state index contributed by atoms with van der Waals surface area (Å²) in [5, 5.41) is 18.5. The number of alkyl halides is 6. The molecule has 2 aromatic carbocycles. The summed E-state index contributed by atoms with van der Waals surface area (Å²) >= 11 is 1.91. The number of aromatic nitrogens is 4. The van der Waals surface area contributed by atoms with Crippen molar-refractivity contribution in [3.8, 4) is 0 Å². The van der Waals surface area contributed by atoms with Gasteiger partial charge in [-0.3, -0.25) is 9.59 Å². The number of thiophene rings is 2. The molecule has 0 unspecified atom stereocenters. The Morgan fingerprint density at radius 1 is 0.608 bits per heavy atom. The number of hydrogen-bond acceptors (Lipinski definition) is 17. The number of benzene rings is 2. The Balaban J connectivity index is 0.000000229. The zero-order valence-corrected chi connectivity index (χ0v) is 44.4. The third kappa shape index (κ3) is 18.7. The summed E-state index contributed by atoms with van der Waals surface area (Å²) in [6, 6.07) is 19.8. The van der Waals surface area contributed by atoms with E-state index in [1.165, 1.54) is 39.0 Å². The smallest absolute Gasteiger partial charge is 0.407 e. The third-order valence-corrected chi connectivity index (χ3v) is 14.8. The normalized spacial score (nSPS) is 19.4. The summed E-state index contributed by atoms with van der Waals surface area (Å²) in [5.74, 6) is -0.865. The molecule has 0 bridgehead atoms. The number of halogens is 6. The second-order valence-electron chi connectivity index (χ2n) is 18.7. The van der Waals surface area contributed by atoms with Gasteiger partial charge in [0.1, 0.15) is 53.5 Å². The summed E-state index contributed by atoms with van der Waals surface area (Å²) in [6.45, 7) is 0.189. The molecule has 4 amide bonds. The molecule has 0 radical (unpaired) electrons. The van der Waals surface area contributed by atoms with Crippen molar-refractivity contribution >= 4 is 85.0 Å². The number of alkyl carbamates (subject to hydrolysis) is 2. The maximum atomic E-state index is 13.1. The minimum atomic E-state index is -4.35. The molecular weight excluding hydrogens is 1090 g/mol. The predicted octanol–water partition coefficient (Wildman–Crippen LogP) is 8.39. The summed E-state index contributed by atoms with van der Waals surface area (Å²) in [7, 11) is 2.93. The first-order chi connectivity index (χ1) is 37.8. The molecule has 19 nitrogen and oxygen atoms in total. The number of nitrogens with one attached hydrogen (secondary N) is 6. The van der Waals surface area contributed by atoms with E-state index < -0.39 is 67.6 Å². The Bertz CT molecular complexity index is 2970. The predicted molar refractivity (Wildman–Crippen MR) is 281 cm³/mol. The molecule has 2 saturated carbocycles. The van der Waals surface area contributed by atoms with Gasteiger partial charge < -0.3 is 55.6 Å². The largest absolute Gasteiger partial charge is 0.445 e. The Hall–Kier alpha value is -7.23. The molecule has 424 valence electrons. The van der Waals surface area contributed by atoms with Crippen LogP contribution in [-0.4, -0.2) is 120 Å². The van der Waals surface area contributed by atoms with Crippen LogP contribution < -0.4 is 31.9 Å². The second-order valence-corrected chi connectivity index (χ2v) is 21.0. The lowest BCUT2D eigenvalue weighted by Gasteiger charge is -2.35. The Morgan fingerprint density at radius 2 is 1.03 bits per heavy atom. The van der Waals surface area contributed by atoms with Gasteiger partial charge in [-0.2, -0.15) is 26.3 Å². The van der Waals surface area contributed by atoms with E-state index in [2.05, 4.69) is 51.8 Å². The van der Waals surface area contributed by atoms with E-state index in [9.17, 15) is 50.3 Å². The number of ether oxygens (including phenoxy) is 4. The van der Waals surface area contributed by atoms with E-state index in [-0.39, 0.29) is 60.0 Å². The van der Waals surface area contributed by atoms with Crippen molar-refractivity contribution in [3.05, 3.63) is 106 Å². The number of carbonyl (C=O) groups excluding carboxylic acids is 5. The van der Waals surface area contributed by atoms with Gasteiger partial charge in [0.05, 0.1) is 36.7 Å². The van der Waals surface area contributed by atoms with Gasteiger partial charge >= 0.3 is 24.5 Å². The van der Waals surface area contributed by atoms with Crippen molar-refractivity contribution in [1.82, 2.24) is 41.2 Å². The Labute approximate surface area is 457 Å². The molecule has 6 N–H and O–H groups in total. The number of fused-ring (bicyclic) bond motifs is 2. The SMILES string of the molecule is COC(CNC(=O)[C@@H]1C[C@H](NC(=O)OCc2ccccc2)C[C@H](Nc2ncnc3sc(CC(F)(F)F)cc23)C1)OC.O=CCNC(=O)[C@@H]1C[C@H](NC(=O)OCc2ccccc2)C[C@H](Nc2ncnc3sc(CC(F)(F)F)cc23)C1. The first-order valence-electron chi connectivity index (χ1n) is 25.0. The highest BCUT2D eigenvalue weighted by Gasteiger charge is 2.37. The van der Waals surface area contributed by atoms with Crippen LogP contribution >= 0.6 is 22.7 Å². The van der Waals surface area contributed by atoms with Crippen molar-refractivity contribution in [2.45, 2.75) is 107 Å². The standard InChI is InChI=1S/C27H32F3N5O5S.C25H26F3N5O4S/c1-38-22(39-2)13-31-24(36)17-8-18(10-19(9-17)35-26(37)40-14-16-6-4-3-5-7-16)34-23-21-11-20(12-27(28,29)30)41-25(21)33-15-32-23;26-25(27,28)12-19-11-20-21(30-14-31-23(20)38-19)32-17-8-16(22(35)29-6-7-34)9-18(10-17)33-24(36)37-13-15-4-2-1-3-5-15/h3-7,11,15,17-19,22H,8-10,12-14H2,1-2H3,(H,31,36)(H,35,37)(H,32,33,34);1-5,7,11,14,16-18H,6,8-10,12-13H2,(H,29,35)(H,33,36)(H,30,31,32)/t17-,18+,19-;16-,17+,18-/m00/s1. The summed E-state index contributed by atoms with van der Waals surface area (Å²) in [5.41, 5.74) is 1.66. The number of aldehydes is 1. The molecule has 2 fully saturated rings. The van der Waals surface area contributed by atoms with E-state index in [1.807, 2.05) is 60.7 Å². The molecular formula is C52H58F6N10O9S2. The van der Waals surface area contributed by atoms with Crippen LogP contribution in [0.5, 0.6) is 0 Å². The van der Waals surface area contributed by atoms with Crippen LogP contribution in [0.3, 0.4) is 0 Å². The average molecular weight is 1150 g/mol. The fourth-order valence-corrected chi connectivity index (χ4v) is 11.3. The molecule has 8 rings (SSSR count). The quantitative estimate of drug-likeness (QED) is 0.0239. The van der Waals surface area contributed by atoms with E-state index in [0.717, 1.165) is 33.8 Å². The fraction of sp³-hybridized carbons (Fsp3) is 0.442. The van der Waals surface area contributed by atoms with Crippen LogP contribution in [0.25, 0.3) is 20.4 Å². The molecule has 4 heterocycles. The Kier molecular flexibility index (Phi) is 21.1. The Morgan fingerprint density at radius 3 is 1.43 bits per heavy atom. The number of anilines is 2. The summed E-state index contributed by atoms with van der Waals surface area (Å²) < 4.78 is 98.6. The number of hydrogen-bond donors (Lipinski definition) is 6. The highest BCUT2D eigenvalue weighted by molar-refractivity contribution is 7.19. The summed E-state index contributed by atoms with van der Waals surface area (Å²) in [4.78, 5) is 79.4.